The molecule has 1 atom stereocenters. The molecule has 0 amide bonds. The summed E-state index contributed by atoms with van der Waals surface area (Å²) in [6, 6.07) is 12.2. The lowest BCUT2D eigenvalue weighted by molar-refractivity contribution is 0.0627. The van der Waals surface area contributed by atoms with Gasteiger partial charge in [0.05, 0.1) is 0 Å². The molecule has 0 saturated heterocycles. The Labute approximate surface area is 116 Å². The Bertz CT molecular complexity index is 619. The van der Waals surface area contributed by atoms with Crippen molar-refractivity contribution in [2.45, 2.75) is 16.7 Å². The van der Waals surface area contributed by atoms with Crippen molar-refractivity contribution in [1.82, 2.24) is 4.72 Å². The number of hydrogen-bond acceptors (Lipinski definition) is 4. The fourth-order valence-corrected chi connectivity index (χ4v) is 3.79. The predicted molar refractivity (Wildman–Crippen MR) is 75.5 cm³/mol. The maximum absolute atomic E-state index is 12.0. The van der Waals surface area contributed by atoms with Crippen molar-refractivity contribution >= 4 is 21.4 Å². The summed E-state index contributed by atoms with van der Waals surface area (Å²) in [5.74, 6) is 0. The van der Waals surface area contributed by atoms with Crippen LogP contribution in [0.5, 0.6) is 0 Å². The molecule has 0 spiro atoms. The molecule has 0 saturated carbocycles. The molecule has 0 aliphatic carbocycles. The maximum Gasteiger partial charge on any atom is 0.250 e. The van der Waals surface area contributed by atoms with Gasteiger partial charge in [-0.1, -0.05) is 36.4 Å². The number of sulfonamides is 1. The third-order valence-corrected chi connectivity index (χ3v) is 5.56. The highest BCUT2D eigenvalue weighted by atomic mass is 32.2. The highest BCUT2D eigenvalue weighted by Gasteiger charge is 2.26. The number of benzene rings is 1. The minimum Gasteiger partial charge on any atom is -0.384 e. The lowest BCUT2D eigenvalue weighted by Crippen LogP contribution is -2.38. The Morgan fingerprint density at radius 2 is 1.89 bits per heavy atom. The molecule has 2 aromatic rings. The standard InChI is InChI=1S/C13H15NO3S2/c1-13(15,11-6-3-2-4-7-11)10-14-19(16,17)12-8-5-9-18-12/h2-9,14-15H,10H2,1H3. The number of hydrogen-bond donors (Lipinski definition) is 2. The fourth-order valence-electron chi connectivity index (χ4n) is 1.62. The monoisotopic (exact) mass is 297 g/mol. The molecule has 4 nitrogen and oxygen atoms in total. The summed E-state index contributed by atoms with van der Waals surface area (Å²) < 4.78 is 26.6. The first kappa shape index (κ1) is 14.2. The third-order valence-electron chi connectivity index (χ3n) is 2.76. The molecule has 0 bridgehead atoms. The Kier molecular flexibility index (Phi) is 4.05. The second-order valence-electron chi connectivity index (χ2n) is 4.40. The second-order valence-corrected chi connectivity index (χ2v) is 7.34. The van der Waals surface area contributed by atoms with Crippen LogP contribution in [0.3, 0.4) is 0 Å². The van der Waals surface area contributed by atoms with Crippen LogP contribution in [0.2, 0.25) is 0 Å². The first-order chi connectivity index (χ1) is 8.92. The van der Waals surface area contributed by atoms with E-state index in [-0.39, 0.29) is 10.8 Å². The quantitative estimate of drug-likeness (QED) is 0.886. The molecule has 2 rings (SSSR count). The van der Waals surface area contributed by atoms with Crippen molar-refractivity contribution in [3.8, 4) is 0 Å². The van der Waals surface area contributed by atoms with Gasteiger partial charge in [-0.3, -0.25) is 0 Å². The van der Waals surface area contributed by atoms with Gasteiger partial charge in [-0.2, -0.15) is 0 Å². The van der Waals surface area contributed by atoms with Gasteiger partial charge in [-0.05, 0) is 23.9 Å². The minimum absolute atomic E-state index is 0.0722. The molecule has 0 radical (unpaired) electrons. The molecule has 1 heterocycles. The zero-order valence-corrected chi connectivity index (χ0v) is 12.0. The Morgan fingerprint density at radius 3 is 2.47 bits per heavy atom. The van der Waals surface area contributed by atoms with Crippen molar-refractivity contribution in [2.24, 2.45) is 0 Å². The van der Waals surface area contributed by atoms with Gasteiger partial charge in [-0.25, -0.2) is 13.1 Å². The van der Waals surface area contributed by atoms with Crippen LogP contribution < -0.4 is 4.72 Å². The zero-order valence-electron chi connectivity index (χ0n) is 10.4. The van der Waals surface area contributed by atoms with Gasteiger partial charge in [0.15, 0.2) is 0 Å². The van der Waals surface area contributed by atoms with Gasteiger partial charge in [0.1, 0.15) is 9.81 Å². The first-order valence-electron chi connectivity index (χ1n) is 5.73. The lowest BCUT2D eigenvalue weighted by Gasteiger charge is -2.23. The number of rotatable bonds is 5. The van der Waals surface area contributed by atoms with Crippen molar-refractivity contribution < 1.29 is 13.5 Å². The first-order valence-corrected chi connectivity index (χ1v) is 8.09. The average Bonchev–Trinajstić information content (AvgIpc) is 2.93. The second kappa shape index (κ2) is 5.42. The van der Waals surface area contributed by atoms with E-state index in [9.17, 15) is 13.5 Å². The molecular formula is C13H15NO3S2. The van der Waals surface area contributed by atoms with E-state index in [0.717, 1.165) is 11.3 Å². The third kappa shape index (κ3) is 3.42. The van der Waals surface area contributed by atoms with Crippen molar-refractivity contribution in [1.29, 1.82) is 0 Å². The number of nitrogens with one attached hydrogen (secondary N) is 1. The summed E-state index contributed by atoms with van der Waals surface area (Å²) >= 11 is 1.14. The van der Waals surface area contributed by atoms with Gasteiger partial charge in [0.25, 0.3) is 0 Å². The molecule has 102 valence electrons. The van der Waals surface area contributed by atoms with Crippen LogP contribution in [-0.4, -0.2) is 20.1 Å². The summed E-state index contributed by atoms with van der Waals surface area (Å²) in [5.41, 5.74) is -0.574. The van der Waals surface area contributed by atoms with Crippen molar-refractivity contribution in [3.05, 3.63) is 53.4 Å². The van der Waals surface area contributed by atoms with Crippen molar-refractivity contribution in [2.75, 3.05) is 6.54 Å². The van der Waals surface area contributed by atoms with E-state index >= 15 is 0 Å². The highest BCUT2D eigenvalue weighted by Crippen LogP contribution is 2.21. The molecule has 6 heteroatoms. The maximum atomic E-state index is 12.0. The fraction of sp³-hybridized carbons (Fsp3) is 0.231. The van der Waals surface area contributed by atoms with Crippen LogP contribution in [0, 0.1) is 0 Å². The largest absolute Gasteiger partial charge is 0.384 e. The lowest BCUT2D eigenvalue weighted by atomic mass is 9.97. The molecule has 1 unspecified atom stereocenters. The summed E-state index contributed by atoms with van der Waals surface area (Å²) in [6.45, 7) is 1.51. The molecule has 1 aromatic heterocycles. The molecule has 0 fully saturated rings. The van der Waals surface area contributed by atoms with Gasteiger partial charge in [0.2, 0.25) is 10.0 Å². The normalized spacial score (nSPS) is 15.1. The summed E-state index contributed by atoms with van der Waals surface area (Å²) in [5, 5.41) is 12.0. The SMILES string of the molecule is CC(O)(CNS(=O)(=O)c1cccs1)c1ccccc1. The molecule has 2 N–H and O–H groups in total. The van der Waals surface area contributed by atoms with E-state index < -0.39 is 15.6 Å². The Balaban J connectivity index is 2.11. The van der Waals surface area contributed by atoms with Crippen LogP contribution in [-0.2, 0) is 15.6 Å². The van der Waals surface area contributed by atoms with Crippen LogP contribution >= 0.6 is 11.3 Å². The Hall–Kier alpha value is -1.21. The number of thiophene rings is 1. The van der Waals surface area contributed by atoms with Crippen molar-refractivity contribution in [3.63, 3.8) is 0 Å². The van der Waals surface area contributed by atoms with Crippen LogP contribution in [0.1, 0.15) is 12.5 Å². The molecular weight excluding hydrogens is 282 g/mol. The average molecular weight is 297 g/mol. The van der Waals surface area contributed by atoms with E-state index in [1.165, 1.54) is 6.07 Å². The highest BCUT2D eigenvalue weighted by molar-refractivity contribution is 7.91. The van der Waals surface area contributed by atoms with Crippen LogP contribution in [0.4, 0.5) is 0 Å². The van der Waals surface area contributed by atoms with Gasteiger partial charge >= 0.3 is 0 Å². The zero-order chi connectivity index (χ0) is 13.9. The molecule has 19 heavy (non-hydrogen) atoms. The minimum atomic E-state index is -3.55. The van der Waals surface area contributed by atoms with Crippen LogP contribution in [0.15, 0.2) is 52.1 Å². The van der Waals surface area contributed by atoms with E-state index in [1.54, 1.807) is 42.6 Å². The molecule has 0 aliphatic rings. The van der Waals surface area contributed by atoms with E-state index in [2.05, 4.69) is 4.72 Å². The van der Waals surface area contributed by atoms with Gasteiger partial charge < -0.3 is 5.11 Å². The molecule has 0 aliphatic heterocycles. The summed E-state index contributed by atoms with van der Waals surface area (Å²) in [4.78, 5) is 0. The molecule has 1 aromatic carbocycles. The van der Waals surface area contributed by atoms with E-state index in [0.29, 0.717) is 5.56 Å². The Morgan fingerprint density at radius 1 is 1.21 bits per heavy atom. The van der Waals surface area contributed by atoms with Crippen LogP contribution in [0.25, 0.3) is 0 Å². The van der Waals surface area contributed by atoms with Gasteiger partial charge in [0, 0.05) is 6.54 Å². The predicted octanol–water partition coefficient (Wildman–Crippen LogP) is 1.93. The topological polar surface area (TPSA) is 66.4 Å². The van der Waals surface area contributed by atoms with E-state index in [4.69, 9.17) is 0 Å². The van der Waals surface area contributed by atoms with E-state index in [1.807, 2.05) is 6.07 Å². The summed E-state index contributed by atoms with van der Waals surface area (Å²) in [7, 11) is -3.55. The smallest absolute Gasteiger partial charge is 0.250 e. The van der Waals surface area contributed by atoms with Gasteiger partial charge in [-0.15, -0.1) is 11.3 Å². The number of aliphatic hydroxyl groups is 1. The summed E-state index contributed by atoms with van der Waals surface area (Å²) in [6.07, 6.45) is 0.